The number of benzene rings is 1. The summed E-state index contributed by atoms with van der Waals surface area (Å²) in [6.45, 7) is 4.24. The molecule has 1 aliphatic rings. The van der Waals surface area contributed by atoms with Gasteiger partial charge in [-0.1, -0.05) is 25.1 Å². The summed E-state index contributed by atoms with van der Waals surface area (Å²) in [7, 11) is -1.72. The lowest BCUT2D eigenvalue weighted by Gasteiger charge is -2.37. The summed E-state index contributed by atoms with van der Waals surface area (Å²) >= 11 is 0. The number of sulfone groups is 1. The Morgan fingerprint density at radius 3 is 2.33 bits per heavy atom. The van der Waals surface area contributed by atoms with Crippen molar-refractivity contribution in [2.45, 2.75) is 24.3 Å². The van der Waals surface area contributed by atoms with Crippen molar-refractivity contribution in [2.75, 3.05) is 39.0 Å². The van der Waals surface area contributed by atoms with E-state index in [0.717, 1.165) is 0 Å². The maximum atomic E-state index is 12.7. The summed E-state index contributed by atoms with van der Waals surface area (Å²) in [4.78, 5) is 20.9. The van der Waals surface area contributed by atoms with Crippen LogP contribution in [0.2, 0.25) is 0 Å². The second-order valence-corrected chi connectivity index (χ2v) is 9.18. The number of carbonyl (C=O) groups excluding carboxylic acids is 1. The minimum absolute atomic E-state index is 0.0104. The van der Waals surface area contributed by atoms with E-state index in [1.165, 1.54) is 6.26 Å². The number of carbonyl (C=O) groups is 1. The Bertz CT molecular complexity index is 950. The van der Waals surface area contributed by atoms with E-state index in [1.54, 1.807) is 54.4 Å². The lowest BCUT2D eigenvalue weighted by atomic mass is 10.2. The highest BCUT2D eigenvalue weighted by Crippen LogP contribution is 2.14. The van der Waals surface area contributed by atoms with E-state index in [4.69, 9.17) is 4.42 Å². The number of piperazine rings is 1. The zero-order chi connectivity index (χ0) is 21.6. The molecule has 0 aliphatic carbocycles. The molecular weight excluding hydrogens is 404 g/mol. The van der Waals surface area contributed by atoms with Crippen LogP contribution in [0.1, 0.15) is 23.9 Å². The van der Waals surface area contributed by atoms with E-state index in [0.29, 0.717) is 49.2 Å². The predicted octanol–water partition coefficient (Wildman–Crippen LogP) is 1.87. The van der Waals surface area contributed by atoms with Crippen LogP contribution in [0.25, 0.3) is 0 Å². The first kappa shape index (κ1) is 21.9. The van der Waals surface area contributed by atoms with Gasteiger partial charge in [-0.2, -0.15) is 0 Å². The highest BCUT2D eigenvalue weighted by molar-refractivity contribution is 7.91. The van der Waals surface area contributed by atoms with E-state index < -0.39 is 9.84 Å². The van der Waals surface area contributed by atoms with Gasteiger partial charge in [0.05, 0.1) is 16.9 Å². The van der Waals surface area contributed by atoms with Gasteiger partial charge in [0.2, 0.25) is 0 Å². The van der Waals surface area contributed by atoms with Crippen molar-refractivity contribution in [3.05, 3.63) is 54.5 Å². The van der Waals surface area contributed by atoms with Gasteiger partial charge in [0, 0.05) is 39.3 Å². The number of aliphatic imine (C=N–C) groups is 1. The number of hydrogen-bond donors (Lipinski definition) is 1. The molecule has 1 saturated heterocycles. The first-order chi connectivity index (χ1) is 14.4. The number of nitrogens with one attached hydrogen (secondary N) is 1. The average Bonchev–Trinajstić information content (AvgIpc) is 3.32. The SMILES string of the molecule is CCC(CS(=O)(=O)c1ccccc1)NC(=NC)N1CCN(C(=O)c2ccco2)CC1. The van der Waals surface area contributed by atoms with Gasteiger partial charge in [-0.3, -0.25) is 9.79 Å². The molecule has 1 N–H and O–H groups in total. The minimum Gasteiger partial charge on any atom is -0.459 e. The molecule has 8 nitrogen and oxygen atoms in total. The van der Waals surface area contributed by atoms with Gasteiger partial charge < -0.3 is 19.5 Å². The molecule has 1 fully saturated rings. The summed E-state index contributed by atoms with van der Waals surface area (Å²) in [5.74, 6) is 0.852. The third-order valence-corrected chi connectivity index (χ3v) is 6.99. The molecule has 0 spiro atoms. The van der Waals surface area contributed by atoms with Crippen molar-refractivity contribution in [3.63, 3.8) is 0 Å². The Morgan fingerprint density at radius 1 is 1.10 bits per heavy atom. The van der Waals surface area contributed by atoms with E-state index in [9.17, 15) is 13.2 Å². The number of guanidine groups is 1. The minimum atomic E-state index is -3.40. The van der Waals surface area contributed by atoms with E-state index in [2.05, 4.69) is 10.3 Å². The highest BCUT2D eigenvalue weighted by Gasteiger charge is 2.27. The second-order valence-electron chi connectivity index (χ2n) is 7.15. The maximum absolute atomic E-state index is 12.7. The third kappa shape index (κ3) is 5.21. The lowest BCUT2D eigenvalue weighted by molar-refractivity contribution is 0.0657. The predicted molar refractivity (Wildman–Crippen MR) is 115 cm³/mol. The second kappa shape index (κ2) is 9.80. The molecule has 1 amide bonds. The number of amides is 1. The Balaban J connectivity index is 1.59. The zero-order valence-electron chi connectivity index (χ0n) is 17.3. The third-order valence-electron chi connectivity index (χ3n) is 5.16. The molecule has 2 aromatic rings. The number of rotatable bonds is 6. The van der Waals surface area contributed by atoms with Crippen LogP contribution in [0.15, 0.2) is 63.0 Å². The van der Waals surface area contributed by atoms with E-state index in [1.807, 2.05) is 11.8 Å². The van der Waals surface area contributed by atoms with Gasteiger partial charge in [-0.15, -0.1) is 0 Å². The van der Waals surface area contributed by atoms with Crippen LogP contribution in [0.3, 0.4) is 0 Å². The first-order valence-corrected chi connectivity index (χ1v) is 11.7. The molecule has 1 atom stereocenters. The van der Waals surface area contributed by atoms with Gasteiger partial charge in [0.15, 0.2) is 21.6 Å². The standard InChI is InChI=1S/C21H28N4O4S/c1-3-17(16-30(27,28)18-8-5-4-6-9-18)23-21(22-2)25-13-11-24(12-14-25)20(26)19-10-7-15-29-19/h4-10,15,17H,3,11-14,16H2,1-2H3,(H,22,23). The van der Waals surface area contributed by atoms with Crippen molar-refractivity contribution < 1.29 is 17.6 Å². The van der Waals surface area contributed by atoms with E-state index in [-0.39, 0.29) is 17.7 Å². The van der Waals surface area contributed by atoms with Crippen LogP contribution in [0.4, 0.5) is 0 Å². The fourth-order valence-corrected chi connectivity index (χ4v) is 5.02. The van der Waals surface area contributed by atoms with Crippen molar-refractivity contribution in [3.8, 4) is 0 Å². The molecule has 1 aliphatic heterocycles. The number of nitrogens with zero attached hydrogens (tertiary/aromatic N) is 3. The van der Waals surface area contributed by atoms with Gasteiger partial charge in [0.1, 0.15) is 0 Å². The van der Waals surface area contributed by atoms with Crippen LogP contribution in [-0.4, -0.2) is 75.1 Å². The van der Waals surface area contributed by atoms with Gasteiger partial charge in [-0.05, 0) is 30.7 Å². The van der Waals surface area contributed by atoms with Crippen LogP contribution in [0.5, 0.6) is 0 Å². The largest absolute Gasteiger partial charge is 0.459 e. The molecule has 1 aromatic heterocycles. The van der Waals surface area contributed by atoms with Crippen molar-refractivity contribution in [1.29, 1.82) is 0 Å². The molecule has 9 heteroatoms. The molecular formula is C21H28N4O4S. The molecule has 1 aromatic carbocycles. The Morgan fingerprint density at radius 2 is 1.77 bits per heavy atom. The maximum Gasteiger partial charge on any atom is 0.289 e. The quantitative estimate of drug-likeness (QED) is 0.553. The summed E-state index contributed by atoms with van der Waals surface area (Å²) in [6.07, 6.45) is 2.13. The monoisotopic (exact) mass is 432 g/mol. The fourth-order valence-electron chi connectivity index (χ4n) is 3.41. The Labute approximate surface area is 177 Å². The molecule has 3 rings (SSSR count). The van der Waals surface area contributed by atoms with Gasteiger partial charge in [-0.25, -0.2) is 8.42 Å². The molecule has 1 unspecified atom stereocenters. The summed E-state index contributed by atoms with van der Waals surface area (Å²) < 4.78 is 30.7. The average molecular weight is 433 g/mol. The molecule has 0 saturated carbocycles. The van der Waals surface area contributed by atoms with Crippen molar-refractivity contribution >= 4 is 21.7 Å². The van der Waals surface area contributed by atoms with Crippen LogP contribution < -0.4 is 5.32 Å². The summed E-state index contributed by atoms with van der Waals surface area (Å²) in [5.41, 5.74) is 0. The molecule has 30 heavy (non-hydrogen) atoms. The first-order valence-electron chi connectivity index (χ1n) is 10.0. The van der Waals surface area contributed by atoms with Crippen molar-refractivity contribution in [1.82, 2.24) is 15.1 Å². The fraction of sp³-hybridized carbons (Fsp3) is 0.429. The zero-order valence-corrected chi connectivity index (χ0v) is 18.1. The van der Waals surface area contributed by atoms with Crippen molar-refractivity contribution in [2.24, 2.45) is 4.99 Å². The molecule has 162 valence electrons. The topological polar surface area (TPSA) is 95.2 Å². The smallest absolute Gasteiger partial charge is 0.289 e. The molecule has 2 heterocycles. The van der Waals surface area contributed by atoms with Crippen LogP contribution in [-0.2, 0) is 9.84 Å². The summed E-state index contributed by atoms with van der Waals surface area (Å²) in [5, 5.41) is 3.30. The Kier molecular flexibility index (Phi) is 7.15. The lowest BCUT2D eigenvalue weighted by Crippen LogP contribution is -2.55. The summed E-state index contributed by atoms with van der Waals surface area (Å²) in [6, 6.07) is 11.6. The number of furan rings is 1. The van der Waals surface area contributed by atoms with Gasteiger partial charge >= 0.3 is 0 Å². The molecule has 0 bridgehead atoms. The highest BCUT2D eigenvalue weighted by atomic mass is 32.2. The van der Waals surface area contributed by atoms with Crippen LogP contribution in [0, 0.1) is 0 Å². The Hall–Kier alpha value is -2.81. The van der Waals surface area contributed by atoms with E-state index >= 15 is 0 Å². The van der Waals surface area contributed by atoms with Gasteiger partial charge in [0.25, 0.3) is 5.91 Å². The molecule has 0 radical (unpaired) electrons. The normalized spacial score (nSPS) is 16.4. The van der Waals surface area contributed by atoms with Crippen LogP contribution >= 0.6 is 0 Å². The number of hydrogen-bond acceptors (Lipinski definition) is 5.